The van der Waals surface area contributed by atoms with Crippen molar-refractivity contribution in [1.29, 1.82) is 0 Å². The van der Waals surface area contributed by atoms with Gasteiger partial charge < -0.3 is 0 Å². The Labute approximate surface area is 135 Å². The molecule has 0 atom stereocenters. The van der Waals surface area contributed by atoms with Crippen LogP contribution in [0.1, 0.15) is 54.2 Å². The molecular weight excluding hydrogens is 324 g/mol. The third-order valence-corrected chi connectivity index (χ3v) is 4.74. The lowest BCUT2D eigenvalue weighted by Gasteiger charge is -2.23. The fourth-order valence-corrected chi connectivity index (χ4v) is 2.79. The highest BCUT2D eigenvalue weighted by Gasteiger charge is 2.19. The molecule has 110 valence electrons. The first kappa shape index (κ1) is 16.0. The van der Waals surface area contributed by atoms with Gasteiger partial charge in [0.2, 0.25) is 0 Å². The van der Waals surface area contributed by atoms with Crippen molar-refractivity contribution in [3.63, 3.8) is 0 Å². The molecule has 0 bridgehead atoms. The molecule has 2 aromatic carbocycles. The summed E-state index contributed by atoms with van der Waals surface area (Å²) in [5, 5.41) is 0. The van der Waals surface area contributed by atoms with Gasteiger partial charge in [-0.15, -0.1) is 0 Å². The number of carbonyl (C=O) groups excluding carboxylic acids is 1. The number of rotatable bonds is 4. The molecule has 1 nitrogen and oxygen atoms in total. The maximum absolute atomic E-state index is 12.6. The second kappa shape index (κ2) is 6.15. The molecular formula is C19H21BrO. The molecule has 0 aliphatic heterocycles. The van der Waals surface area contributed by atoms with E-state index in [0.29, 0.717) is 0 Å². The zero-order valence-corrected chi connectivity index (χ0v) is 14.6. The van der Waals surface area contributed by atoms with E-state index in [9.17, 15) is 4.79 Å². The minimum Gasteiger partial charge on any atom is -0.289 e. The molecule has 0 fully saturated rings. The molecule has 0 N–H and O–H groups in total. The zero-order valence-electron chi connectivity index (χ0n) is 13.0. The average Bonchev–Trinajstić information content (AvgIpc) is 2.47. The molecule has 2 aromatic rings. The van der Waals surface area contributed by atoms with E-state index in [1.807, 2.05) is 37.3 Å². The number of aryl methyl sites for hydroxylation is 1. The Morgan fingerprint density at radius 1 is 1.10 bits per heavy atom. The van der Waals surface area contributed by atoms with Gasteiger partial charge in [-0.25, -0.2) is 0 Å². The molecule has 0 radical (unpaired) electrons. The number of halogens is 1. The normalized spacial score (nSPS) is 11.5. The Morgan fingerprint density at radius 2 is 1.71 bits per heavy atom. The fourth-order valence-electron chi connectivity index (χ4n) is 2.31. The van der Waals surface area contributed by atoms with Crippen LogP contribution in [0.5, 0.6) is 0 Å². The van der Waals surface area contributed by atoms with Gasteiger partial charge in [-0.2, -0.15) is 0 Å². The van der Waals surface area contributed by atoms with Crippen molar-refractivity contribution in [2.75, 3.05) is 0 Å². The fraction of sp³-hybridized carbons (Fsp3) is 0.316. The van der Waals surface area contributed by atoms with E-state index in [-0.39, 0.29) is 11.2 Å². The summed E-state index contributed by atoms with van der Waals surface area (Å²) in [5.74, 6) is 0.0841. The summed E-state index contributed by atoms with van der Waals surface area (Å²) in [7, 11) is 0. The summed E-state index contributed by atoms with van der Waals surface area (Å²) in [5.41, 5.74) is 3.92. The first-order valence-corrected chi connectivity index (χ1v) is 8.06. The second-order valence-electron chi connectivity index (χ2n) is 6.10. The van der Waals surface area contributed by atoms with Crippen LogP contribution < -0.4 is 0 Å². The van der Waals surface area contributed by atoms with Gasteiger partial charge in [-0.3, -0.25) is 4.79 Å². The van der Waals surface area contributed by atoms with E-state index in [1.54, 1.807) is 0 Å². The van der Waals surface area contributed by atoms with E-state index in [0.717, 1.165) is 27.6 Å². The lowest BCUT2D eigenvalue weighted by Crippen LogP contribution is -2.15. The lowest BCUT2D eigenvalue weighted by molar-refractivity contribution is 0.103. The van der Waals surface area contributed by atoms with Crippen LogP contribution in [0.2, 0.25) is 0 Å². The van der Waals surface area contributed by atoms with E-state index in [2.05, 4.69) is 48.8 Å². The Balaban J connectivity index is 2.32. The summed E-state index contributed by atoms with van der Waals surface area (Å²) in [6.45, 7) is 8.60. The molecule has 0 saturated carbocycles. The highest BCUT2D eigenvalue weighted by molar-refractivity contribution is 9.10. The molecule has 0 unspecified atom stereocenters. The van der Waals surface area contributed by atoms with Crippen LogP contribution in [0.15, 0.2) is 46.9 Å². The largest absolute Gasteiger partial charge is 0.289 e. The molecule has 0 saturated heterocycles. The Hall–Kier alpha value is -1.41. The van der Waals surface area contributed by atoms with Gasteiger partial charge in [0.1, 0.15) is 0 Å². The molecule has 2 heteroatoms. The highest BCUT2D eigenvalue weighted by Crippen LogP contribution is 2.27. The third kappa shape index (κ3) is 3.44. The van der Waals surface area contributed by atoms with Crippen LogP contribution in [-0.2, 0) is 5.41 Å². The van der Waals surface area contributed by atoms with Crippen molar-refractivity contribution in [2.24, 2.45) is 0 Å². The van der Waals surface area contributed by atoms with Crippen molar-refractivity contribution in [3.8, 4) is 0 Å². The van der Waals surface area contributed by atoms with Gasteiger partial charge in [-0.1, -0.05) is 61.0 Å². The monoisotopic (exact) mass is 344 g/mol. The Bertz CT molecular complexity index is 654. The summed E-state index contributed by atoms with van der Waals surface area (Å²) >= 11 is 3.43. The van der Waals surface area contributed by atoms with Crippen LogP contribution in [0.3, 0.4) is 0 Å². The Kier molecular flexibility index (Phi) is 4.67. The lowest BCUT2D eigenvalue weighted by atomic mass is 9.82. The predicted molar refractivity (Wildman–Crippen MR) is 92.1 cm³/mol. The van der Waals surface area contributed by atoms with Crippen molar-refractivity contribution in [2.45, 2.75) is 39.5 Å². The molecule has 0 spiro atoms. The standard InChI is InChI=1S/C19H21BrO/c1-5-19(3,4)15-8-6-14(7-9-15)18(21)17-11-10-16(20)12-13(17)2/h6-12H,5H2,1-4H3. The Morgan fingerprint density at radius 3 is 2.24 bits per heavy atom. The summed E-state index contributed by atoms with van der Waals surface area (Å²) in [6.07, 6.45) is 1.08. The van der Waals surface area contributed by atoms with Gasteiger partial charge in [-0.05, 0) is 48.1 Å². The zero-order chi connectivity index (χ0) is 15.6. The summed E-state index contributed by atoms with van der Waals surface area (Å²) in [4.78, 5) is 12.6. The summed E-state index contributed by atoms with van der Waals surface area (Å²) < 4.78 is 0.997. The van der Waals surface area contributed by atoms with Crippen molar-refractivity contribution < 1.29 is 4.79 Å². The quantitative estimate of drug-likeness (QED) is 0.652. The van der Waals surface area contributed by atoms with Crippen molar-refractivity contribution in [3.05, 3.63) is 69.2 Å². The smallest absolute Gasteiger partial charge is 0.193 e. The average molecular weight is 345 g/mol. The van der Waals surface area contributed by atoms with Gasteiger partial charge in [0.15, 0.2) is 5.78 Å². The summed E-state index contributed by atoms with van der Waals surface area (Å²) in [6, 6.07) is 13.8. The number of hydrogen-bond acceptors (Lipinski definition) is 1. The maximum Gasteiger partial charge on any atom is 0.193 e. The molecule has 2 rings (SSSR count). The maximum atomic E-state index is 12.6. The van der Waals surface area contributed by atoms with Gasteiger partial charge in [0, 0.05) is 15.6 Å². The SMILES string of the molecule is CCC(C)(C)c1ccc(C(=O)c2ccc(Br)cc2C)cc1. The van der Waals surface area contributed by atoms with Crippen LogP contribution >= 0.6 is 15.9 Å². The molecule has 0 aliphatic carbocycles. The van der Waals surface area contributed by atoms with E-state index in [1.165, 1.54) is 5.56 Å². The molecule has 0 aliphatic rings. The molecule has 0 amide bonds. The first-order chi connectivity index (χ1) is 9.85. The van der Waals surface area contributed by atoms with Crippen molar-refractivity contribution >= 4 is 21.7 Å². The van der Waals surface area contributed by atoms with Gasteiger partial charge in [0.25, 0.3) is 0 Å². The van der Waals surface area contributed by atoms with Crippen LogP contribution in [-0.4, -0.2) is 5.78 Å². The highest BCUT2D eigenvalue weighted by atomic mass is 79.9. The number of ketones is 1. The van der Waals surface area contributed by atoms with Crippen LogP contribution in [0.25, 0.3) is 0 Å². The minimum atomic E-state index is 0.0841. The first-order valence-electron chi connectivity index (χ1n) is 7.26. The topological polar surface area (TPSA) is 17.1 Å². The number of hydrogen-bond donors (Lipinski definition) is 0. The van der Waals surface area contributed by atoms with Crippen LogP contribution in [0.4, 0.5) is 0 Å². The van der Waals surface area contributed by atoms with Gasteiger partial charge >= 0.3 is 0 Å². The second-order valence-corrected chi connectivity index (χ2v) is 7.02. The van der Waals surface area contributed by atoms with Crippen LogP contribution in [0, 0.1) is 6.92 Å². The molecule has 0 aromatic heterocycles. The minimum absolute atomic E-state index is 0.0841. The van der Waals surface area contributed by atoms with E-state index in [4.69, 9.17) is 0 Å². The number of carbonyl (C=O) groups is 1. The molecule has 0 heterocycles. The predicted octanol–water partition coefficient (Wildman–Crippen LogP) is 5.68. The third-order valence-electron chi connectivity index (χ3n) is 4.25. The molecule has 21 heavy (non-hydrogen) atoms. The van der Waals surface area contributed by atoms with E-state index >= 15 is 0 Å². The van der Waals surface area contributed by atoms with E-state index < -0.39 is 0 Å². The number of benzene rings is 2. The van der Waals surface area contributed by atoms with Crippen molar-refractivity contribution in [1.82, 2.24) is 0 Å². The van der Waals surface area contributed by atoms with Gasteiger partial charge in [0.05, 0.1) is 0 Å².